The Morgan fingerprint density at radius 1 is 1.40 bits per heavy atom. The summed E-state index contributed by atoms with van der Waals surface area (Å²) in [5, 5.41) is 0. The average molecular weight is 204 g/mol. The Bertz CT molecular complexity index is 459. The maximum Gasteiger partial charge on any atom is 0.140 e. The molecule has 0 aliphatic rings. The van der Waals surface area contributed by atoms with Gasteiger partial charge in [-0.3, -0.25) is 4.40 Å². The lowest BCUT2D eigenvalue weighted by atomic mass is 10.1. The molecule has 0 bridgehead atoms. The SMILES string of the molecule is CC(C)Cc1cc2nc(CN)cn2cn1. The van der Waals surface area contributed by atoms with Crippen LogP contribution < -0.4 is 5.73 Å². The van der Waals surface area contributed by atoms with E-state index in [4.69, 9.17) is 5.73 Å². The number of aromatic nitrogens is 3. The third-order valence-electron chi connectivity index (χ3n) is 2.28. The lowest BCUT2D eigenvalue weighted by Gasteiger charge is -2.03. The Morgan fingerprint density at radius 3 is 2.87 bits per heavy atom. The van der Waals surface area contributed by atoms with Gasteiger partial charge in [0, 0.05) is 24.5 Å². The molecule has 0 fully saturated rings. The van der Waals surface area contributed by atoms with Gasteiger partial charge in [-0.15, -0.1) is 0 Å². The molecule has 2 aromatic heterocycles. The number of hydrogen-bond acceptors (Lipinski definition) is 3. The monoisotopic (exact) mass is 204 g/mol. The molecule has 0 saturated heterocycles. The minimum atomic E-state index is 0.473. The van der Waals surface area contributed by atoms with Crippen LogP contribution in [0.3, 0.4) is 0 Å². The number of fused-ring (bicyclic) bond motifs is 1. The fourth-order valence-electron chi connectivity index (χ4n) is 1.61. The van der Waals surface area contributed by atoms with Crippen LogP contribution in [-0.4, -0.2) is 14.4 Å². The van der Waals surface area contributed by atoms with E-state index in [2.05, 4.69) is 23.8 Å². The van der Waals surface area contributed by atoms with Crippen LogP contribution in [0.1, 0.15) is 25.2 Å². The summed E-state index contributed by atoms with van der Waals surface area (Å²) in [6.07, 6.45) is 4.71. The third kappa shape index (κ3) is 2.15. The first-order valence-electron chi connectivity index (χ1n) is 5.21. The Kier molecular flexibility index (Phi) is 2.68. The highest BCUT2D eigenvalue weighted by molar-refractivity contribution is 5.40. The van der Waals surface area contributed by atoms with Crippen molar-refractivity contribution in [3.8, 4) is 0 Å². The summed E-state index contributed by atoms with van der Waals surface area (Å²) in [4.78, 5) is 8.77. The van der Waals surface area contributed by atoms with Gasteiger partial charge in [0.25, 0.3) is 0 Å². The molecular formula is C11H16N4. The van der Waals surface area contributed by atoms with Crippen molar-refractivity contribution in [2.75, 3.05) is 0 Å². The molecular weight excluding hydrogens is 188 g/mol. The second kappa shape index (κ2) is 3.98. The normalized spacial score (nSPS) is 11.5. The molecule has 0 atom stereocenters. The molecule has 0 saturated carbocycles. The van der Waals surface area contributed by atoms with Gasteiger partial charge in [0.15, 0.2) is 0 Å². The molecule has 4 heteroatoms. The van der Waals surface area contributed by atoms with Crippen LogP contribution in [-0.2, 0) is 13.0 Å². The predicted octanol–water partition coefficient (Wildman–Crippen LogP) is 1.39. The van der Waals surface area contributed by atoms with E-state index in [1.54, 1.807) is 6.33 Å². The minimum Gasteiger partial charge on any atom is -0.325 e. The van der Waals surface area contributed by atoms with E-state index < -0.39 is 0 Å². The smallest absolute Gasteiger partial charge is 0.140 e. The maximum absolute atomic E-state index is 5.54. The van der Waals surface area contributed by atoms with E-state index in [1.165, 1.54) is 0 Å². The first kappa shape index (κ1) is 10.1. The summed E-state index contributed by atoms with van der Waals surface area (Å²) in [6.45, 7) is 4.84. The lowest BCUT2D eigenvalue weighted by molar-refractivity contribution is 0.634. The zero-order valence-electron chi connectivity index (χ0n) is 9.14. The van der Waals surface area contributed by atoms with E-state index in [0.29, 0.717) is 12.5 Å². The highest BCUT2D eigenvalue weighted by atomic mass is 15.0. The number of nitrogens with zero attached hydrogens (tertiary/aromatic N) is 3. The van der Waals surface area contributed by atoms with Crippen LogP contribution in [0.25, 0.3) is 5.65 Å². The number of hydrogen-bond donors (Lipinski definition) is 1. The Labute approximate surface area is 89.2 Å². The predicted molar refractivity (Wildman–Crippen MR) is 59.4 cm³/mol. The molecule has 80 valence electrons. The third-order valence-corrected chi connectivity index (χ3v) is 2.28. The molecule has 2 aromatic rings. The largest absolute Gasteiger partial charge is 0.325 e. The van der Waals surface area contributed by atoms with Gasteiger partial charge in [-0.05, 0) is 12.3 Å². The van der Waals surface area contributed by atoms with Crippen LogP contribution in [0.5, 0.6) is 0 Å². The first-order chi connectivity index (χ1) is 7.19. The molecule has 0 spiro atoms. The van der Waals surface area contributed by atoms with E-state index in [1.807, 2.05) is 16.7 Å². The van der Waals surface area contributed by atoms with Gasteiger partial charge in [0.1, 0.15) is 12.0 Å². The molecule has 0 amide bonds. The summed E-state index contributed by atoms with van der Waals surface area (Å²) in [5.41, 5.74) is 8.46. The van der Waals surface area contributed by atoms with Crippen molar-refractivity contribution < 1.29 is 0 Å². The fourth-order valence-corrected chi connectivity index (χ4v) is 1.61. The molecule has 0 unspecified atom stereocenters. The first-order valence-corrected chi connectivity index (χ1v) is 5.21. The molecule has 4 nitrogen and oxygen atoms in total. The van der Waals surface area contributed by atoms with Gasteiger partial charge in [0.2, 0.25) is 0 Å². The zero-order chi connectivity index (χ0) is 10.8. The summed E-state index contributed by atoms with van der Waals surface area (Å²) >= 11 is 0. The van der Waals surface area contributed by atoms with Gasteiger partial charge in [-0.2, -0.15) is 0 Å². The van der Waals surface area contributed by atoms with Crippen LogP contribution >= 0.6 is 0 Å². The van der Waals surface area contributed by atoms with Crippen molar-refractivity contribution in [1.29, 1.82) is 0 Å². The summed E-state index contributed by atoms with van der Waals surface area (Å²) in [7, 11) is 0. The topological polar surface area (TPSA) is 56.2 Å². The number of imidazole rings is 1. The van der Waals surface area contributed by atoms with Gasteiger partial charge < -0.3 is 5.73 Å². The van der Waals surface area contributed by atoms with Crippen LogP contribution in [0.2, 0.25) is 0 Å². The fraction of sp³-hybridized carbons (Fsp3) is 0.455. The second-order valence-electron chi connectivity index (χ2n) is 4.18. The molecule has 0 aliphatic carbocycles. The Balaban J connectivity index is 2.37. The Morgan fingerprint density at radius 2 is 2.20 bits per heavy atom. The summed E-state index contributed by atoms with van der Waals surface area (Å²) in [5.74, 6) is 0.615. The van der Waals surface area contributed by atoms with Crippen molar-refractivity contribution in [2.24, 2.45) is 11.7 Å². The van der Waals surface area contributed by atoms with Crippen LogP contribution in [0.4, 0.5) is 0 Å². The van der Waals surface area contributed by atoms with E-state index in [9.17, 15) is 0 Å². The van der Waals surface area contributed by atoms with Gasteiger partial charge in [0.05, 0.1) is 5.69 Å². The summed E-state index contributed by atoms with van der Waals surface area (Å²) in [6, 6.07) is 2.03. The van der Waals surface area contributed by atoms with Gasteiger partial charge in [-0.25, -0.2) is 9.97 Å². The van der Waals surface area contributed by atoms with Crippen LogP contribution in [0, 0.1) is 5.92 Å². The Hall–Kier alpha value is -1.42. The lowest BCUT2D eigenvalue weighted by Crippen LogP contribution is -1.98. The van der Waals surface area contributed by atoms with Crippen molar-refractivity contribution in [3.63, 3.8) is 0 Å². The molecule has 0 aliphatic heterocycles. The standard InChI is InChI=1S/C11H16N4/c1-8(2)3-9-4-11-14-10(5-12)6-15(11)7-13-9/h4,6-8H,3,5,12H2,1-2H3. The average Bonchev–Trinajstić information content (AvgIpc) is 2.58. The van der Waals surface area contributed by atoms with Gasteiger partial charge in [-0.1, -0.05) is 13.8 Å². The molecule has 2 heterocycles. The van der Waals surface area contributed by atoms with E-state index >= 15 is 0 Å². The van der Waals surface area contributed by atoms with Crippen molar-refractivity contribution in [1.82, 2.24) is 14.4 Å². The second-order valence-corrected chi connectivity index (χ2v) is 4.18. The molecule has 0 aromatic carbocycles. The number of rotatable bonds is 3. The maximum atomic E-state index is 5.54. The zero-order valence-corrected chi connectivity index (χ0v) is 9.14. The van der Waals surface area contributed by atoms with Crippen molar-refractivity contribution >= 4 is 5.65 Å². The van der Waals surface area contributed by atoms with Crippen molar-refractivity contribution in [3.05, 3.63) is 30.0 Å². The minimum absolute atomic E-state index is 0.473. The van der Waals surface area contributed by atoms with Crippen molar-refractivity contribution in [2.45, 2.75) is 26.8 Å². The highest BCUT2D eigenvalue weighted by Crippen LogP contribution is 2.09. The molecule has 2 N–H and O–H groups in total. The van der Waals surface area contributed by atoms with Crippen LogP contribution in [0.15, 0.2) is 18.6 Å². The highest BCUT2D eigenvalue weighted by Gasteiger charge is 2.03. The summed E-state index contributed by atoms with van der Waals surface area (Å²) < 4.78 is 1.91. The molecule has 2 rings (SSSR count). The molecule has 15 heavy (non-hydrogen) atoms. The van der Waals surface area contributed by atoms with E-state index in [-0.39, 0.29) is 0 Å². The van der Waals surface area contributed by atoms with E-state index in [0.717, 1.165) is 23.5 Å². The van der Waals surface area contributed by atoms with Gasteiger partial charge >= 0.3 is 0 Å². The molecule has 0 radical (unpaired) electrons. The quantitative estimate of drug-likeness (QED) is 0.822. The number of nitrogens with two attached hydrogens (primary N) is 1.